The van der Waals surface area contributed by atoms with Gasteiger partial charge in [0.05, 0.1) is 11.9 Å². The van der Waals surface area contributed by atoms with Crippen molar-refractivity contribution in [1.29, 1.82) is 0 Å². The second-order valence-corrected chi connectivity index (χ2v) is 5.16. The van der Waals surface area contributed by atoms with Crippen LogP contribution in [0.2, 0.25) is 0 Å². The summed E-state index contributed by atoms with van der Waals surface area (Å²) < 4.78 is 27.3. The first-order chi connectivity index (χ1) is 5.47. The van der Waals surface area contributed by atoms with E-state index in [1.165, 1.54) is 30.8 Å². The summed E-state index contributed by atoms with van der Waals surface area (Å²) in [6.07, 6.45) is 4.27. The molecule has 0 aliphatic heterocycles. The molecule has 1 heterocycles. The lowest BCUT2D eigenvalue weighted by molar-refractivity contribution is 0.584. The van der Waals surface area contributed by atoms with E-state index in [9.17, 15) is 8.60 Å². The van der Waals surface area contributed by atoms with E-state index >= 15 is 0 Å². The van der Waals surface area contributed by atoms with Crippen LogP contribution in [0, 0.1) is 5.95 Å². The predicted molar refractivity (Wildman–Crippen MR) is 46.3 cm³/mol. The molecule has 0 saturated carbocycles. The fourth-order valence-corrected chi connectivity index (χ4v) is 1.29. The number of halogens is 1. The van der Waals surface area contributed by atoms with E-state index in [1.54, 1.807) is 0 Å². The fourth-order valence-electron chi connectivity index (χ4n) is 0.676. The topological polar surface area (TPSA) is 42.3 Å². The molecule has 0 aromatic carbocycles. The first kappa shape index (κ1) is 9.12. The normalized spacial score (nSPS) is 11.2. The molecule has 0 fully saturated rings. The molecule has 0 atom stereocenters. The van der Waals surface area contributed by atoms with Crippen molar-refractivity contribution in [1.82, 2.24) is 4.98 Å². The van der Waals surface area contributed by atoms with E-state index in [0.29, 0.717) is 5.69 Å². The van der Waals surface area contributed by atoms with Gasteiger partial charge in [-0.25, -0.2) is 9.19 Å². The van der Waals surface area contributed by atoms with Crippen molar-refractivity contribution in [3.63, 3.8) is 0 Å². The molecular weight excluding hydrogens is 179 g/mol. The van der Waals surface area contributed by atoms with Crippen LogP contribution < -0.4 is 0 Å². The van der Waals surface area contributed by atoms with E-state index in [2.05, 4.69) is 9.35 Å². The van der Waals surface area contributed by atoms with Crippen LogP contribution in [0.5, 0.6) is 0 Å². The first-order valence-electron chi connectivity index (χ1n) is 3.26. The van der Waals surface area contributed by atoms with Gasteiger partial charge in [-0.05, 0) is 12.1 Å². The summed E-state index contributed by atoms with van der Waals surface area (Å²) in [6, 6.07) is 2.62. The molecular formula is C7H9FN2OS. The number of aromatic nitrogens is 1. The molecule has 1 aromatic rings. The molecule has 0 aliphatic rings. The third-order valence-corrected chi connectivity index (χ3v) is 1.69. The van der Waals surface area contributed by atoms with Gasteiger partial charge in [-0.2, -0.15) is 8.75 Å². The number of hydrogen-bond acceptors (Lipinski definition) is 3. The average molecular weight is 188 g/mol. The van der Waals surface area contributed by atoms with Crippen molar-refractivity contribution in [3.05, 3.63) is 24.3 Å². The van der Waals surface area contributed by atoms with Gasteiger partial charge in [-0.3, -0.25) is 0 Å². The summed E-state index contributed by atoms with van der Waals surface area (Å²) in [5.41, 5.74) is 0.436. The third-order valence-electron chi connectivity index (χ3n) is 1.04. The smallest absolute Gasteiger partial charge is 0.212 e. The largest absolute Gasteiger partial charge is 0.250 e. The molecule has 0 N–H and O–H groups in total. The van der Waals surface area contributed by atoms with Gasteiger partial charge in [0, 0.05) is 22.2 Å². The van der Waals surface area contributed by atoms with Crippen LogP contribution in [-0.4, -0.2) is 21.7 Å². The van der Waals surface area contributed by atoms with Crippen LogP contribution in [-0.2, 0) is 9.73 Å². The van der Waals surface area contributed by atoms with Crippen LogP contribution >= 0.6 is 0 Å². The van der Waals surface area contributed by atoms with Gasteiger partial charge in [0.15, 0.2) is 0 Å². The van der Waals surface area contributed by atoms with E-state index in [1.807, 2.05) is 0 Å². The highest BCUT2D eigenvalue weighted by molar-refractivity contribution is 7.92. The molecule has 1 aromatic heterocycles. The van der Waals surface area contributed by atoms with Gasteiger partial charge in [0.1, 0.15) is 0 Å². The minimum atomic E-state index is -2.18. The Hall–Kier alpha value is -0.970. The highest BCUT2D eigenvalue weighted by Crippen LogP contribution is 2.11. The summed E-state index contributed by atoms with van der Waals surface area (Å²) in [4.78, 5) is 3.38. The Morgan fingerprint density at radius 3 is 2.58 bits per heavy atom. The fraction of sp³-hybridized carbons (Fsp3) is 0.286. The molecule has 66 valence electrons. The predicted octanol–water partition coefficient (Wildman–Crippen LogP) is 1.58. The van der Waals surface area contributed by atoms with E-state index in [4.69, 9.17) is 0 Å². The van der Waals surface area contributed by atoms with E-state index < -0.39 is 15.7 Å². The van der Waals surface area contributed by atoms with E-state index in [-0.39, 0.29) is 0 Å². The summed E-state index contributed by atoms with van der Waals surface area (Å²) in [5.74, 6) is -0.562. The van der Waals surface area contributed by atoms with Crippen LogP contribution in [0.3, 0.4) is 0 Å². The summed E-state index contributed by atoms with van der Waals surface area (Å²) >= 11 is 0. The molecule has 0 saturated heterocycles. The maximum absolute atomic E-state index is 12.3. The quantitative estimate of drug-likeness (QED) is 0.628. The molecule has 5 heteroatoms. The Kier molecular flexibility index (Phi) is 2.42. The molecule has 0 aliphatic carbocycles. The van der Waals surface area contributed by atoms with Gasteiger partial charge in [-0.1, -0.05) is 0 Å². The molecule has 0 bridgehead atoms. The zero-order chi connectivity index (χ0) is 9.19. The second-order valence-electron chi connectivity index (χ2n) is 2.61. The van der Waals surface area contributed by atoms with Gasteiger partial charge < -0.3 is 0 Å². The summed E-state index contributed by atoms with van der Waals surface area (Å²) in [5, 5.41) is 0. The molecule has 3 nitrogen and oxygen atoms in total. The number of pyridine rings is 1. The number of rotatable bonds is 1. The molecule has 0 unspecified atom stereocenters. The zero-order valence-corrected chi connectivity index (χ0v) is 7.64. The summed E-state index contributed by atoms with van der Waals surface area (Å²) in [7, 11) is -2.18. The highest BCUT2D eigenvalue weighted by Gasteiger charge is 1.94. The van der Waals surface area contributed by atoms with Crippen molar-refractivity contribution in [2.45, 2.75) is 0 Å². The standard InChI is InChI=1S/C7H9FN2OS/c1-12(2,11)10-6-3-4-7(8)9-5-6/h3-5H,1-2H3. The molecule has 1 rings (SSSR count). The first-order valence-corrected chi connectivity index (χ1v) is 5.59. The lowest BCUT2D eigenvalue weighted by Crippen LogP contribution is -1.89. The van der Waals surface area contributed by atoms with Gasteiger partial charge in [-0.15, -0.1) is 0 Å². The maximum atomic E-state index is 12.3. The molecule has 0 spiro atoms. The van der Waals surface area contributed by atoms with Crippen molar-refractivity contribution in [2.24, 2.45) is 4.36 Å². The summed E-state index contributed by atoms with van der Waals surface area (Å²) in [6.45, 7) is 0. The SMILES string of the molecule is CS(C)(=O)=Nc1ccc(F)nc1. The van der Waals surface area contributed by atoms with Gasteiger partial charge in [0.25, 0.3) is 0 Å². The Morgan fingerprint density at radius 2 is 2.17 bits per heavy atom. The van der Waals surface area contributed by atoms with Crippen molar-refractivity contribution in [2.75, 3.05) is 12.5 Å². The minimum absolute atomic E-state index is 0.436. The van der Waals surface area contributed by atoms with Crippen LogP contribution in [0.25, 0.3) is 0 Å². The zero-order valence-electron chi connectivity index (χ0n) is 6.82. The maximum Gasteiger partial charge on any atom is 0.212 e. The van der Waals surface area contributed by atoms with Crippen LogP contribution in [0.1, 0.15) is 0 Å². The Morgan fingerprint density at radius 1 is 1.50 bits per heavy atom. The van der Waals surface area contributed by atoms with Crippen molar-refractivity contribution < 1.29 is 8.60 Å². The Bertz CT molecular complexity index is 371. The third kappa shape index (κ3) is 2.96. The Labute approximate surface area is 70.8 Å². The lowest BCUT2D eigenvalue weighted by atomic mass is 10.4. The van der Waals surface area contributed by atoms with Crippen molar-refractivity contribution in [3.8, 4) is 0 Å². The van der Waals surface area contributed by atoms with Crippen LogP contribution in [0.4, 0.5) is 10.1 Å². The molecule has 0 amide bonds. The minimum Gasteiger partial charge on any atom is -0.250 e. The Balaban J connectivity index is 3.08. The van der Waals surface area contributed by atoms with Crippen LogP contribution in [0.15, 0.2) is 22.7 Å². The average Bonchev–Trinajstić information content (AvgIpc) is 1.91. The molecule has 12 heavy (non-hydrogen) atoms. The number of nitrogens with zero attached hydrogens (tertiary/aromatic N) is 2. The van der Waals surface area contributed by atoms with Gasteiger partial charge in [0.2, 0.25) is 5.95 Å². The number of hydrogen-bond donors (Lipinski definition) is 0. The van der Waals surface area contributed by atoms with Crippen molar-refractivity contribution >= 4 is 15.4 Å². The van der Waals surface area contributed by atoms with Gasteiger partial charge >= 0.3 is 0 Å². The molecule has 0 radical (unpaired) electrons. The lowest BCUT2D eigenvalue weighted by Gasteiger charge is -1.94. The van der Waals surface area contributed by atoms with E-state index in [0.717, 1.165) is 0 Å². The second kappa shape index (κ2) is 3.18. The highest BCUT2D eigenvalue weighted by atomic mass is 32.2. The monoisotopic (exact) mass is 188 g/mol.